The number of unbranched alkanes of at least 4 members (excludes halogenated alkanes) is 1. The van der Waals surface area contributed by atoms with Crippen LogP contribution in [0.25, 0.3) is 11.5 Å². The van der Waals surface area contributed by atoms with Crippen LogP contribution in [-0.2, 0) is 6.54 Å². The molecule has 0 spiro atoms. The van der Waals surface area contributed by atoms with Gasteiger partial charge < -0.3 is 9.52 Å². The van der Waals surface area contributed by atoms with Crippen molar-refractivity contribution in [2.45, 2.75) is 26.3 Å². The average Bonchev–Trinajstić information content (AvgIpc) is 2.94. The number of nitrogens with zero attached hydrogens (tertiary/aromatic N) is 3. The van der Waals surface area contributed by atoms with E-state index in [-0.39, 0.29) is 6.61 Å². The smallest absolute Gasteiger partial charge is 0.247 e. The van der Waals surface area contributed by atoms with Crippen LogP contribution in [0.1, 0.15) is 25.7 Å². The second-order valence-electron chi connectivity index (χ2n) is 4.86. The lowest BCUT2D eigenvalue weighted by Crippen LogP contribution is -2.27. The van der Waals surface area contributed by atoms with E-state index in [4.69, 9.17) is 21.1 Å². The minimum atomic E-state index is 0.127. The summed E-state index contributed by atoms with van der Waals surface area (Å²) in [7, 11) is 0. The Bertz CT molecular complexity index is 542. The molecule has 1 heterocycles. The molecule has 2 aromatic rings. The summed E-state index contributed by atoms with van der Waals surface area (Å²) in [5.41, 5.74) is 0.848. The third-order valence-corrected chi connectivity index (χ3v) is 3.41. The molecule has 0 radical (unpaired) electrons. The second-order valence-corrected chi connectivity index (χ2v) is 5.30. The fraction of sp³-hybridized carbons (Fsp3) is 0.467. The van der Waals surface area contributed by atoms with Crippen molar-refractivity contribution in [3.8, 4) is 11.5 Å². The second kappa shape index (κ2) is 8.12. The molecule has 0 atom stereocenters. The van der Waals surface area contributed by atoms with E-state index in [0.29, 0.717) is 29.9 Å². The molecule has 0 amide bonds. The van der Waals surface area contributed by atoms with Crippen LogP contribution in [0.4, 0.5) is 0 Å². The molecular weight excluding hydrogens is 290 g/mol. The summed E-state index contributed by atoms with van der Waals surface area (Å²) in [5, 5.41) is 17.9. The molecule has 0 saturated heterocycles. The minimum Gasteiger partial charge on any atom is -0.419 e. The first-order valence-electron chi connectivity index (χ1n) is 7.14. The van der Waals surface area contributed by atoms with Gasteiger partial charge in [-0.1, -0.05) is 24.9 Å². The molecule has 2 rings (SSSR count). The summed E-state index contributed by atoms with van der Waals surface area (Å²) >= 11 is 5.86. The maximum atomic E-state index is 9.10. The maximum absolute atomic E-state index is 9.10. The van der Waals surface area contributed by atoms with Gasteiger partial charge in [-0.25, -0.2) is 0 Å². The highest BCUT2D eigenvalue weighted by atomic mass is 35.5. The van der Waals surface area contributed by atoms with Gasteiger partial charge in [-0.2, -0.15) is 0 Å². The highest BCUT2D eigenvalue weighted by Gasteiger charge is 2.12. The van der Waals surface area contributed by atoms with Gasteiger partial charge in [0.05, 0.1) is 13.2 Å². The predicted octanol–water partition coefficient (Wildman–Crippen LogP) is 2.98. The minimum absolute atomic E-state index is 0.127. The first-order chi connectivity index (χ1) is 10.2. The van der Waals surface area contributed by atoms with Crippen LogP contribution in [0.5, 0.6) is 0 Å². The topological polar surface area (TPSA) is 62.4 Å². The molecule has 0 aliphatic rings. The molecule has 5 nitrogen and oxygen atoms in total. The molecule has 0 saturated carbocycles. The zero-order valence-corrected chi connectivity index (χ0v) is 12.9. The monoisotopic (exact) mass is 309 g/mol. The van der Waals surface area contributed by atoms with Gasteiger partial charge in [0.25, 0.3) is 0 Å². The molecular formula is C15H20ClN3O2. The van der Waals surface area contributed by atoms with Gasteiger partial charge in [-0.05, 0) is 37.2 Å². The highest BCUT2D eigenvalue weighted by Crippen LogP contribution is 2.20. The summed E-state index contributed by atoms with van der Waals surface area (Å²) in [6, 6.07) is 7.28. The first-order valence-corrected chi connectivity index (χ1v) is 7.52. The van der Waals surface area contributed by atoms with E-state index in [0.717, 1.165) is 24.9 Å². The highest BCUT2D eigenvalue weighted by molar-refractivity contribution is 6.30. The fourth-order valence-electron chi connectivity index (χ4n) is 2.01. The van der Waals surface area contributed by atoms with Crippen molar-refractivity contribution in [1.29, 1.82) is 0 Å². The van der Waals surface area contributed by atoms with Crippen molar-refractivity contribution in [3.63, 3.8) is 0 Å². The van der Waals surface area contributed by atoms with Crippen molar-refractivity contribution in [1.82, 2.24) is 15.1 Å². The molecule has 1 N–H and O–H groups in total. The van der Waals surface area contributed by atoms with Gasteiger partial charge in [0, 0.05) is 17.1 Å². The van der Waals surface area contributed by atoms with Crippen molar-refractivity contribution in [3.05, 3.63) is 35.2 Å². The number of aliphatic hydroxyl groups excluding tert-OH is 1. The van der Waals surface area contributed by atoms with Gasteiger partial charge in [0.1, 0.15) is 0 Å². The Labute approximate surface area is 129 Å². The summed E-state index contributed by atoms with van der Waals surface area (Å²) < 4.78 is 5.68. The van der Waals surface area contributed by atoms with Gasteiger partial charge in [-0.15, -0.1) is 10.2 Å². The van der Waals surface area contributed by atoms with Crippen LogP contribution in [0.15, 0.2) is 28.7 Å². The van der Waals surface area contributed by atoms with Crippen LogP contribution >= 0.6 is 11.6 Å². The van der Waals surface area contributed by atoms with E-state index >= 15 is 0 Å². The number of hydrogen-bond donors (Lipinski definition) is 1. The zero-order chi connectivity index (χ0) is 15.1. The van der Waals surface area contributed by atoms with Gasteiger partial charge in [0.2, 0.25) is 11.8 Å². The van der Waals surface area contributed by atoms with E-state index in [1.54, 1.807) is 12.1 Å². The zero-order valence-electron chi connectivity index (χ0n) is 12.1. The molecule has 21 heavy (non-hydrogen) atoms. The molecule has 114 valence electrons. The quantitative estimate of drug-likeness (QED) is 0.812. The molecule has 0 aliphatic heterocycles. The Morgan fingerprint density at radius 3 is 2.62 bits per heavy atom. The number of hydrogen-bond acceptors (Lipinski definition) is 5. The third-order valence-electron chi connectivity index (χ3n) is 3.16. The molecule has 1 aromatic heterocycles. The summed E-state index contributed by atoms with van der Waals surface area (Å²) in [6.45, 7) is 4.35. The summed E-state index contributed by atoms with van der Waals surface area (Å²) in [5.74, 6) is 1.05. The molecule has 0 bridgehead atoms. The predicted molar refractivity (Wildman–Crippen MR) is 82.0 cm³/mol. The Balaban J connectivity index is 2.02. The van der Waals surface area contributed by atoms with Crippen LogP contribution in [0, 0.1) is 0 Å². The van der Waals surface area contributed by atoms with E-state index in [1.165, 1.54) is 0 Å². The molecule has 0 aliphatic carbocycles. The standard InChI is InChI=1S/C15H20ClN3O2/c1-2-3-8-19(9-10-20)11-14-17-18-15(21-14)12-4-6-13(16)7-5-12/h4-7,20H,2-3,8-11H2,1H3. The Morgan fingerprint density at radius 2 is 1.95 bits per heavy atom. The normalized spacial score (nSPS) is 11.2. The number of aliphatic hydroxyl groups is 1. The van der Waals surface area contributed by atoms with E-state index in [9.17, 15) is 0 Å². The summed E-state index contributed by atoms with van der Waals surface area (Å²) in [6.07, 6.45) is 2.19. The number of aromatic nitrogens is 2. The van der Waals surface area contributed by atoms with Crippen LogP contribution in [-0.4, -0.2) is 39.9 Å². The first kappa shape index (κ1) is 15.9. The van der Waals surface area contributed by atoms with E-state index < -0.39 is 0 Å². The van der Waals surface area contributed by atoms with Crippen LogP contribution in [0.3, 0.4) is 0 Å². The van der Waals surface area contributed by atoms with Crippen molar-refractivity contribution >= 4 is 11.6 Å². The van der Waals surface area contributed by atoms with Crippen molar-refractivity contribution < 1.29 is 9.52 Å². The van der Waals surface area contributed by atoms with E-state index in [2.05, 4.69) is 22.0 Å². The summed E-state index contributed by atoms with van der Waals surface area (Å²) in [4.78, 5) is 2.11. The number of halogens is 1. The lowest BCUT2D eigenvalue weighted by molar-refractivity contribution is 0.177. The maximum Gasteiger partial charge on any atom is 0.247 e. The molecule has 0 unspecified atom stereocenters. The SMILES string of the molecule is CCCCN(CCO)Cc1nnc(-c2ccc(Cl)cc2)o1. The average molecular weight is 310 g/mol. The molecule has 6 heteroatoms. The van der Waals surface area contributed by atoms with Gasteiger partial charge in [-0.3, -0.25) is 4.90 Å². The van der Waals surface area contributed by atoms with Gasteiger partial charge >= 0.3 is 0 Å². The Morgan fingerprint density at radius 1 is 1.19 bits per heavy atom. The molecule has 1 aromatic carbocycles. The Hall–Kier alpha value is -1.43. The largest absolute Gasteiger partial charge is 0.419 e. The van der Waals surface area contributed by atoms with Crippen molar-refractivity contribution in [2.24, 2.45) is 0 Å². The third kappa shape index (κ3) is 4.81. The van der Waals surface area contributed by atoms with E-state index in [1.807, 2.05) is 12.1 Å². The molecule has 0 fully saturated rings. The van der Waals surface area contributed by atoms with Crippen LogP contribution in [0.2, 0.25) is 5.02 Å². The number of rotatable bonds is 8. The Kier molecular flexibility index (Phi) is 6.17. The van der Waals surface area contributed by atoms with Crippen molar-refractivity contribution in [2.75, 3.05) is 19.7 Å². The van der Waals surface area contributed by atoms with Crippen LogP contribution < -0.4 is 0 Å². The number of benzene rings is 1. The fourth-order valence-corrected chi connectivity index (χ4v) is 2.14. The lowest BCUT2D eigenvalue weighted by Gasteiger charge is -2.18. The van der Waals surface area contributed by atoms with Gasteiger partial charge in [0.15, 0.2) is 0 Å². The lowest BCUT2D eigenvalue weighted by atomic mass is 10.2.